The largest absolute Gasteiger partial charge is 0.480 e. The van der Waals surface area contributed by atoms with E-state index in [4.69, 9.17) is 6.42 Å². The summed E-state index contributed by atoms with van der Waals surface area (Å²) in [7, 11) is -4.48. The lowest BCUT2D eigenvalue weighted by Crippen LogP contribution is -2.78. The highest BCUT2D eigenvalue weighted by Gasteiger charge is 2.59. The fourth-order valence-electron chi connectivity index (χ4n) is 2.71. The average Bonchev–Trinajstić information content (AvgIpc) is 2.58. The number of carboxylic acids is 1. The molecule has 1 aromatic carbocycles. The van der Waals surface area contributed by atoms with Crippen LogP contribution in [0.2, 0.25) is 0 Å². The molecule has 1 fully saturated rings. The molecule has 0 aromatic heterocycles. The number of terminal acetylenes is 1. The third kappa shape index (κ3) is 3.36. The fraction of sp³-hybridized carbons (Fsp3) is 0.375. The molecule has 2 N–H and O–H groups in total. The van der Waals surface area contributed by atoms with Gasteiger partial charge in [-0.3, -0.25) is 14.9 Å². The van der Waals surface area contributed by atoms with Crippen LogP contribution in [0, 0.1) is 22.5 Å². The van der Waals surface area contributed by atoms with E-state index in [1.807, 2.05) is 0 Å². The molecule has 1 heterocycles. The number of carbonyl (C=O) groups is 2. The first-order valence-corrected chi connectivity index (χ1v) is 9.14. The van der Waals surface area contributed by atoms with Gasteiger partial charge in [0.25, 0.3) is 5.69 Å². The lowest BCUT2D eigenvalue weighted by atomic mass is 9.82. The van der Waals surface area contributed by atoms with Crippen LogP contribution < -0.4 is 4.72 Å². The molecule has 0 bridgehead atoms. The standard InChI is InChI=1S/C16H17N3O7S/c1-4-9-16(10-18(13(16)20)15(2,3)14(21)22)17-27(25,26)12-8-6-5-7-11(12)19(23)24/h1,5-8,17H,9-10H2,2-3H3,(H,21,22)/t16-/m0/s1. The van der Waals surface area contributed by atoms with Gasteiger partial charge in [-0.2, -0.15) is 4.72 Å². The lowest BCUT2D eigenvalue weighted by molar-refractivity contribution is -0.387. The molecule has 0 saturated carbocycles. The molecule has 1 saturated heterocycles. The van der Waals surface area contributed by atoms with Crippen molar-refractivity contribution in [1.29, 1.82) is 0 Å². The molecule has 1 atom stereocenters. The maximum absolute atomic E-state index is 12.7. The van der Waals surface area contributed by atoms with Gasteiger partial charge in [0.15, 0.2) is 4.90 Å². The number of hydrogen-bond acceptors (Lipinski definition) is 6. The smallest absolute Gasteiger partial charge is 0.329 e. The molecule has 1 aliphatic heterocycles. The first-order chi connectivity index (χ1) is 12.4. The molecule has 0 radical (unpaired) electrons. The van der Waals surface area contributed by atoms with E-state index in [0.717, 1.165) is 17.0 Å². The van der Waals surface area contributed by atoms with E-state index in [-0.39, 0.29) is 13.0 Å². The van der Waals surface area contributed by atoms with Gasteiger partial charge in [-0.15, -0.1) is 12.3 Å². The Balaban J connectivity index is 2.42. The normalized spacial score (nSPS) is 19.9. The predicted molar refractivity (Wildman–Crippen MR) is 93.0 cm³/mol. The Morgan fingerprint density at radius 2 is 2.07 bits per heavy atom. The van der Waals surface area contributed by atoms with Gasteiger partial charge in [-0.05, 0) is 19.9 Å². The van der Waals surface area contributed by atoms with Crippen molar-refractivity contribution in [3.05, 3.63) is 34.4 Å². The number of β-lactam (4-membered cyclic amide) rings is 1. The van der Waals surface area contributed by atoms with Crippen LogP contribution in [0.4, 0.5) is 5.69 Å². The van der Waals surface area contributed by atoms with Crippen LogP contribution in [0.25, 0.3) is 0 Å². The number of benzene rings is 1. The SMILES string of the molecule is C#CC[C@]1(NS(=O)(=O)c2ccccc2[N+](=O)[O-])CN(C(C)(C)C(=O)O)C1=O. The zero-order valence-corrected chi connectivity index (χ0v) is 15.3. The number of amides is 1. The van der Waals surface area contributed by atoms with Gasteiger partial charge in [0.1, 0.15) is 11.1 Å². The van der Waals surface area contributed by atoms with Crippen molar-refractivity contribution >= 4 is 27.6 Å². The number of rotatable bonds is 7. The summed E-state index contributed by atoms with van der Waals surface area (Å²) in [6, 6.07) is 4.66. The summed E-state index contributed by atoms with van der Waals surface area (Å²) >= 11 is 0. The van der Waals surface area contributed by atoms with Crippen LogP contribution in [-0.2, 0) is 19.6 Å². The van der Waals surface area contributed by atoms with Crippen LogP contribution in [0.5, 0.6) is 0 Å². The predicted octanol–water partition coefficient (Wildman–Crippen LogP) is 0.341. The molecule has 1 aromatic rings. The lowest BCUT2D eigenvalue weighted by Gasteiger charge is -2.53. The van der Waals surface area contributed by atoms with E-state index in [1.165, 1.54) is 26.0 Å². The molecule has 0 spiro atoms. The highest BCUT2D eigenvalue weighted by Crippen LogP contribution is 2.35. The number of likely N-dealkylation sites (tertiary alicyclic amines) is 1. The summed E-state index contributed by atoms with van der Waals surface area (Å²) in [5, 5.41) is 20.4. The summed E-state index contributed by atoms with van der Waals surface area (Å²) in [5.41, 5.74) is -3.99. The van der Waals surface area contributed by atoms with Gasteiger partial charge in [0.2, 0.25) is 15.9 Å². The van der Waals surface area contributed by atoms with Crippen molar-refractivity contribution in [3.8, 4) is 12.3 Å². The zero-order chi connectivity index (χ0) is 20.6. The summed E-state index contributed by atoms with van der Waals surface area (Å²) in [5.74, 6) is 0.116. The van der Waals surface area contributed by atoms with E-state index in [9.17, 15) is 33.2 Å². The maximum Gasteiger partial charge on any atom is 0.329 e. The first-order valence-electron chi connectivity index (χ1n) is 7.65. The number of carbonyl (C=O) groups excluding carboxylic acids is 1. The second kappa shape index (κ2) is 6.64. The Morgan fingerprint density at radius 3 is 2.56 bits per heavy atom. The van der Waals surface area contributed by atoms with E-state index >= 15 is 0 Å². The topological polar surface area (TPSA) is 147 Å². The number of nitrogens with zero attached hydrogens (tertiary/aromatic N) is 2. The minimum absolute atomic E-state index is 0.283. The highest BCUT2D eigenvalue weighted by atomic mass is 32.2. The van der Waals surface area contributed by atoms with Crippen molar-refractivity contribution in [2.75, 3.05) is 6.54 Å². The van der Waals surface area contributed by atoms with Crippen molar-refractivity contribution < 1.29 is 28.0 Å². The number of sulfonamides is 1. The minimum atomic E-state index is -4.48. The number of aliphatic carboxylic acids is 1. The molecule has 0 unspecified atom stereocenters. The number of hydrogen-bond donors (Lipinski definition) is 2. The quantitative estimate of drug-likeness (QED) is 0.293. The molecule has 1 amide bonds. The number of nitro benzene ring substituents is 1. The number of nitrogens with one attached hydrogen (secondary N) is 1. The summed E-state index contributed by atoms with van der Waals surface area (Å²) in [6.45, 7) is 2.31. The van der Waals surface area contributed by atoms with E-state index in [1.54, 1.807) is 0 Å². The molecule has 1 aliphatic rings. The van der Waals surface area contributed by atoms with Gasteiger partial charge in [-0.25, -0.2) is 13.2 Å². The number of nitro groups is 1. The third-order valence-electron chi connectivity index (χ3n) is 4.37. The summed E-state index contributed by atoms with van der Waals surface area (Å²) in [4.78, 5) is 34.6. The van der Waals surface area contributed by atoms with Gasteiger partial charge < -0.3 is 10.0 Å². The number of para-hydroxylation sites is 1. The Labute approximate surface area is 155 Å². The van der Waals surface area contributed by atoms with Crippen LogP contribution in [0.15, 0.2) is 29.2 Å². The van der Waals surface area contributed by atoms with Gasteiger partial charge in [0.05, 0.1) is 11.5 Å². The van der Waals surface area contributed by atoms with Gasteiger partial charge in [-0.1, -0.05) is 12.1 Å². The summed E-state index contributed by atoms with van der Waals surface area (Å²) < 4.78 is 27.6. The van der Waals surface area contributed by atoms with Crippen LogP contribution in [0.1, 0.15) is 20.3 Å². The second-order valence-electron chi connectivity index (χ2n) is 6.55. The van der Waals surface area contributed by atoms with Gasteiger partial charge >= 0.3 is 5.97 Å². The second-order valence-corrected chi connectivity index (χ2v) is 8.20. The maximum atomic E-state index is 12.7. The fourth-order valence-corrected chi connectivity index (χ4v) is 4.23. The van der Waals surface area contributed by atoms with E-state index in [0.29, 0.717) is 0 Å². The van der Waals surface area contributed by atoms with Crippen molar-refractivity contribution in [2.24, 2.45) is 0 Å². The Kier molecular flexibility index (Phi) is 5.00. The molecule has 144 valence electrons. The molecule has 11 heteroatoms. The number of carboxylic acid groups (broad SMARTS) is 1. The zero-order valence-electron chi connectivity index (χ0n) is 14.5. The van der Waals surface area contributed by atoms with Crippen LogP contribution >= 0.6 is 0 Å². The van der Waals surface area contributed by atoms with Crippen molar-refractivity contribution in [3.63, 3.8) is 0 Å². The first kappa shape index (κ1) is 20.3. The molecular formula is C16H17N3O7S. The minimum Gasteiger partial charge on any atom is -0.480 e. The molecular weight excluding hydrogens is 378 g/mol. The molecule has 27 heavy (non-hydrogen) atoms. The van der Waals surface area contributed by atoms with Crippen LogP contribution in [-0.4, -0.2) is 52.8 Å². The Bertz CT molecular complexity index is 964. The monoisotopic (exact) mass is 395 g/mol. The molecule has 10 nitrogen and oxygen atoms in total. The Morgan fingerprint density at radius 1 is 1.48 bits per heavy atom. The van der Waals surface area contributed by atoms with Crippen molar-refractivity contribution in [1.82, 2.24) is 9.62 Å². The van der Waals surface area contributed by atoms with Crippen LogP contribution in [0.3, 0.4) is 0 Å². The summed E-state index contributed by atoms with van der Waals surface area (Å²) in [6.07, 6.45) is 4.92. The molecule has 0 aliphatic carbocycles. The highest BCUT2D eigenvalue weighted by molar-refractivity contribution is 7.89. The average molecular weight is 395 g/mol. The molecule has 2 rings (SSSR count). The van der Waals surface area contributed by atoms with Crippen molar-refractivity contribution in [2.45, 2.75) is 36.2 Å². The Hall–Kier alpha value is -2.97. The third-order valence-corrected chi connectivity index (χ3v) is 5.95. The van der Waals surface area contributed by atoms with E-state index < -0.39 is 48.5 Å². The van der Waals surface area contributed by atoms with Gasteiger partial charge in [0, 0.05) is 12.5 Å². The van der Waals surface area contributed by atoms with E-state index in [2.05, 4.69) is 10.6 Å².